The van der Waals surface area contributed by atoms with E-state index in [1.54, 1.807) is 0 Å². The molecule has 0 saturated heterocycles. The number of rotatable bonds is 2. The highest BCUT2D eigenvalue weighted by molar-refractivity contribution is 6.12. The van der Waals surface area contributed by atoms with Crippen molar-refractivity contribution < 1.29 is 4.79 Å². The summed E-state index contributed by atoms with van der Waals surface area (Å²) in [4.78, 5) is 11.7. The molecule has 0 spiro atoms. The van der Waals surface area contributed by atoms with E-state index < -0.39 is 0 Å². The molecule has 3 aliphatic rings. The molecule has 1 amide bonds. The summed E-state index contributed by atoms with van der Waals surface area (Å²) in [6.07, 6.45) is 7.74. The molecular weight excluding hydrogens is 336 g/mol. The Bertz CT molecular complexity index is 903. The van der Waals surface area contributed by atoms with Crippen LogP contribution >= 0.6 is 0 Å². The standard InChI is InChI=1S/C13H14N2O.C9H12N2/c1-9-7-13(16)15(14-9)12-6-5-10-3-2-4-11(10)8-12;10-11-9-5-4-7-2-1-3-8(7)6-9/h5-6,8H,2-4,7H2,1H3;4-6,11H,1-3,10H2. The first kappa shape index (κ1) is 17.7. The molecule has 5 heteroatoms. The van der Waals surface area contributed by atoms with E-state index in [-0.39, 0.29) is 5.91 Å². The topological polar surface area (TPSA) is 70.7 Å². The summed E-state index contributed by atoms with van der Waals surface area (Å²) in [5, 5.41) is 5.80. The summed E-state index contributed by atoms with van der Waals surface area (Å²) in [6.45, 7) is 1.89. The van der Waals surface area contributed by atoms with Crippen LogP contribution in [0.2, 0.25) is 0 Å². The molecule has 2 aliphatic carbocycles. The SMILES string of the molecule is CC1=NN(c2ccc3c(c2)CCC3)C(=O)C1.NNc1ccc2c(c1)CCC2. The maximum Gasteiger partial charge on any atom is 0.253 e. The second-order valence-electron chi connectivity index (χ2n) is 7.51. The molecule has 5 rings (SSSR count). The van der Waals surface area contributed by atoms with Gasteiger partial charge < -0.3 is 5.43 Å². The van der Waals surface area contributed by atoms with Crippen molar-refractivity contribution in [1.29, 1.82) is 0 Å². The van der Waals surface area contributed by atoms with E-state index in [1.807, 2.05) is 19.1 Å². The van der Waals surface area contributed by atoms with Gasteiger partial charge in [-0.3, -0.25) is 10.6 Å². The number of nitrogens with two attached hydrogens (primary N) is 1. The number of hydrogen-bond donors (Lipinski definition) is 2. The Hall–Kier alpha value is -2.66. The van der Waals surface area contributed by atoms with E-state index in [0.717, 1.165) is 23.5 Å². The Balaban J connectivity index is 0.000000143. The highest BCUT2D eigenvalue weighted by Gasteiger charge is 2.23. The summed E-state index contributed by atoms with van der Waals surface area (Å²) in [5.74, 6) is 5.37. The highest BCUT2D eigenvalue weighted by atomic mass is 16.2. The summed E-state index contributed by atoms with van der Waals surface area (Å²) in [5.41, 5.74) is 11.2. The van der Waals surface area contributed by atoms with Gasteiger partial charge >= 0.3 is 0 Å². The Morgan fingerprint density at radius 1 is 0.926 bits per heavy atom. The largest absolute Gasteiger partial charge is 0.324 e. The van der Waals surface area contributed by atoms with Gasteiger partial charge in [-0.25, -0.2) is 5.01 Å². The highest BCUT2D eigenvalue weighted by Crippen LogP contribution is 2.28. The molecule has 2 aromatic rings. The Morgan fingerprint density at radius 2 is 1.56 bits per heavy atom. The van der Waals surface area contributed by atoms with Crippen LogP contribution in [0.3, 0.4) is 0 Å². The number of nitrogen functional groups attached to an aromatic ring is 1. The van der Waals surface area contributed by atoms with Crippen LogP contribution < -0.4 is 16.3 Å². The van der Waals surface area contributed by atoms with Gasteiger partial charge in [0.25, 0.3) is 5.91 Å². The van der Waals surface area contributed by atoms with Gasteiger partial charge in [0.15, 0.2) is 0 Å². The third kappa shape index (κ3) is 3.74. The van der Waals surface area contributed by atoms with Crippen molar-refractivity contribution in [3.63, 3.8) is 0 Å². The third-order valence-electron chi connectivity index (χ3n) is 5.51. The molecule has 27 heavy (non-hydrogen) atoms. The normalized spacial score (nSPS) is 17.2. The monoisotopic (exact) mass is 362 g/mol. The molecule has 0 bridgehead atoms. The number of carbonyl (C=O) groups excluding carboxylic acids is 1. The molecule has 2 aromatic carbocycles. The predicted molar refractivity (Wildman–Crippen MR) is 110 cm³/mol. The summed E-state index contributed by atoms with van der Waals surface area (Å²) < 4.78 is 0. The second-order valence-corrected chi connectivity index (χ2v) is 7.51. The van der Waals surface area contributed by atoms with Crippen molar-refractivity contribution in [2.45, 2.75) is 51.9 Å². The van der Waals surface area contributed by atoms with Crippen LogP contribution in [-0.4, -0.2) is 11.6 Å². The van der Waals surface area contributed by atoms with Gasteiger partial charge in [-0.05, 0) is 92.0 Å². The number of nitrogens with zero attached hydrogens (tertiary/aromatic N) is 2. The molecule has 5 nitrogen and oxygen atoms in total. The zero-order valence-electron chi connectivity index (χ0n) is 15.8. The number of hydrazone groups is 1. The lowest BCUT2D eigenvalue weighted by atomic mass is 10.1. The minimum absolute atomic E-state index is 0.0791. The number of hydrazine groups is 1. The molecule has 1 aliphatic heterocycles. The van der Waals surface area contributed by atoms with Crippen molar-refractivity contribution in [3.8, 4) is 0 Å². The van der Waals surface area contributed by atoms with Gasteiger partial charge in [0, 0.05) is 11.4 Å². The zero-order chi connectivity index (χ0) is 18.8. The van der Waals surface area contributed by atoms with Crippen molar-refractivity contribution in [1.82, 2.24) is 0 Å². The van der Waals surface area contributed by atoms with Crippen LogP contribution in [0.5, 0.6) is 0 Å². The lowest BCUT2D eigenvalue weighted by molar-refractivity contribution is -0.116. The fourth-order valence-electron chi connectivity index (χ4n) is 4.11. The van der Waals surface area contributed by atoms with Crippen LogP contribution in [0, 0.1) is 0 Å². The second kappa shape index (κ2) is 7.53. The molecule has 0 unspecified atom stereocenters. The molecule has 140 valence electrons. The molecule has 3 N–H and O–H groups in total. The van der Waals surface area contributed by atoms with E-state index in [4.69, 9.17) is 5.84 Å². The van der Waals surface area contributed by atoms with Gasteiger partial charge in [0.1, 0.15) is 0 Å². The first-order valence-corrected chi connectivity index (χ1v) is 9.71. The fraction of sp³-hybridized carbons (Fsp3) is 0.364. The molecule has 0 aromatic heterocycles. The predicted octanol–water partition coefficient (Wildman–Crippen LogP) is 3.75. The van der Waals surface area contributed by atoms with Crippen LogP contribution in [0.4, 0.5) is 11.4 Å². The van der Waals surface area contributed by atoms with Crippen LogP contribution in [0.25, 0.3) is 0 Å². The number of aryl methyl sites for hydroxylation is 4. The summed E-state index contributed by atoms with van der Waals surface area (Å²) in [7, 11) is 0. The molecule has 0 fully saturated rings. The van der Waals surface area contributed by atoms with Gasteiger partial charge in [-0.15, -0.1) is 0 Å². The van der Waals surface area contributed by atoms with E-state index in [1.165, 1.54) is 59.4 Å². The Morgan fingerprint density at radius 3 is 2.19 bits per heavy atom. The van der Waals surface area contributed by atoms with Crippen molar-refractivity contribution in [2.24, 2.45) is 10.9 Å². The van der Waals surface area contributed by atoms with Crippen LogP contribution in [0.15, 0.2) is 41.5 Å². The quantitative estimate of drug-likeness (QED) is 0.631. The number of fused-ring (bicyclic) bond motifs is 2. The van der Waals surface area contributed by atoms with Crippen LogP contribution in [0.1, 0.15) is 48.4 Å². The Kier molecular flexibility index (Phi) is 4.94. The maximum absolute atomic E-state index is 11.7. The first-order valence-electron chi connectivity index (χ1n) is 9.71. The lowest BCUT2D eigenvalue weighted by Crippen LogP contribution is -2.19. The van der Waals surface area contributed by atoms with Gasteiger partial charge in [-0.2, -0.15) is 5.10 Å². The minimum Gasteiger partial charge on any atom is -0.324 e. The zero-order valence-corrected chi connectivity index (χ0v) is 15.8. The molecule has 0 saturated carbocycles. The summed E-state index contributed by atoms with van der Waals surface area (Å²) >= 11 is 0. The molecule has 1 heterocycles. The van der Waals surface area contributed by atoms with E-state index in [9.17, 15) is 4.79 Å². The van der Waals surface area contributed by atoms with E-state index in [0.29, 0.717) is 6.42 Å². The summed E-state index contributed by atoms with van der Waals surface area (Å²) in [6, 6.07) is 12.6. The number of carbonyl (C=O) groups is 1. The molecular formula is C22H26N4O. The van der Waals surface area contributed by atoms with E-state index >= 15 is 0 Å². The smallest absolute Gasteiger partial charge is 0.253 e. The van der Waals surface area contributed by atoms with Crippen molar-refractivity contribution >= 4 is 23.0 Å². The molecule has 0 radical (unpaired) electrons. The van der Waals surface area contributed by atoms with E-state index in [2.05, 4.69) is 34.8 Å². The lowest BCUT2D eigenvalue weighted by Gasteiger charge is -2.13. The van der Waals surface area contributed by atoms with Gasteiger partial charge in [0.2, 0.25) is 0 Å². The van der Waals surface area contributed by atoms with Gasteiger partial charge in [0.05, 0.1) is 12.1 Å². The average molecular weight is 362 g/mol. The minimum atomic E-state index is 0.0791. The average Bonchev–Trinajstić information content (AvgIpc) is 3.40. The number of nitrogens with one attached hydrogen (secondary N) is 1. The molecule has 0 atom stereocenters. The van der Waals surface area contributed by atoms with Crippen LogP contribution in [-0.2, 0) is 30.5 Å². The number of anilines is 2. The van der Waals surface area contributed by atoms with Gasteiger partial charge in [-0.1, -0.05) is 12.1 Å². The van der Waals surface area contributed by atoms with Crippen molar-refractivity contribution in [3.05, 3.63) is 58.7 Å². The van der Waals surface area contributed by atoms with Crippen molar-refractivity contribution in [2.75, 3.05) is 10.4 Å². The first-order chi connectivity index (χ1) is 13.1. The number of hydrogen-bond acceptors (Lipinski definition) is 4. The number of benzene rings is 2. The third-order valence-corrected chi connectivity index (χ3v) is 5.51. The fourth-order valence-corrected chi connectivity index (χ4v) is 4.11. The Labute approximate surface area is 160 Å². The number of amides is 1. The maximum atomic E-state index is 11.7.